The summed E-state index contributed by atoms with van der Waals surface area (Å²) in [4.78, 5) is 28.2. The Kier molecular flexibility index (Phi) is 6.33. The first kappa shape index (κ1) is 25.7. The summed E-state index contributed by atoms with van der Waals surface area (Å²) in [6.07, 6.45) is -0.212. The fraction of sp³-hybridized carbons (Fsp3) is 0.167. The van der Waals surface area contributed by atoms with Crippen LogP contribution in [0.5, 0.6) is 5.75 Å². The molecule has 1 atom stereocenters. The Morgan fingerprint density at radius 1 is 1.07 bits per heavy atom. The number of phenols is 1. The van der Waals surface area contributed by atoms with Gasteiger partial charge in [0.1, 0.15) is 17.5 Å². The van der Waals surface area contributed by atoms with Crippen LogP contribution >= 0.6 is 15.9 Å². The van der Waals surface area contributed by atoms with Crippen LogP contribution in [0.2, 0.25) is 0 Å². The average molecular weight is 596 g/mol. The molecule has 2 aliphatic heterocycles. The molecule has 9 nitrogen and oxygen atoms in total. The Morgan fingerprint density at radius 2 is 1.85 bits per heavy atom. The maximum absolute atomic E-state index is 12.7. The van der Waals surface area contributed by atoms with Crippen molar-refractivity contribution in [3.05, 3.63) is 93.0 Å². The molecule has 198 valence electrons. The number of rotatable bonds is 4. The molecule has 0 fully saturated rings. The summed E-state index contributed by atoms with van der Waals surface area (Å²) in [5.41, 5.74) is 3.60. The lowest BCUT2D eigenvalue weighted by molar-refractivity contribution is 0.0692. The summed E-state index contributed by atoms with van der Waals surface area (Å²) in [6.45, 7) is 1.01. The first-order valence-corrected chi connectivity index (χ1v) is 13.3. The maximum atomic E-state index is 12.7. The fourth-order valence-electron chi connectivity index (χ4n) is 5.45. The smallest absolute Gasteiger partial charge is 0.262 e. The Labute approximate surface area is 237 Å². The molecule has 2 N–H and O–H groups in total. The van der Waals surface area contributed by atoms with E-state index in [9.17, 15) is 25.1 Å². The molecule has 1 unspecified atom stereocenters. The van der Waals surface area contributed by atoms with Crippen molar-refractivity contribution >= 4 is 55.6 Å². The molecule has 0 radical (unpaired) electrons. The van der Waals surface area contributed by atoms with Gasteiger partial charge < -0.3 is 15.1 Å². The number of fused-ring (bicyclic) bond motifs is 4. The molecule has 0 aliphatic carbocycles. The molecule has 0 aromatic heterocycles. The molecular weight excluding hydrogens is 574 g/mol. The standard InChI is InChI=1S/C30H22BrN5O4/c1-35-29(39)21-11-18(13-32)27(26(31)25(21)30(35)40)34-33-22-12-17-10-19(37)15-36(14-16-6-3-2-4-7-16)28(17)20-8-5-9-23(38)24(20)22/h2-9,11-12,19,37-38H,10,14-15H2,1H3/b34-33+. The Morgan fingerprint density at radius 3 is 2.60 bits per heavy atom. The van der Waals surface area contributed by atoms with Crippen molar-refractivity contribution in [2.24, 2.45) is 10.2 Å². The molecule has 40 heavy (non-hydrogen) atoms. The number of aliphatic hydroxyl groups excluding tert-OH is 1. The van der Waals surface area contributed by atoms with E-state index in [1.165, 1.54) is 13.1 Å². The summed E-state index contributed by atoms with van der Waals surface area (Å²) in [6, 6.07) is 20.3. The maximum Gasteiger partial charge on any atom is 0.262 e. The summed E-state index contributed by atoms with van der Waals surface area (Å²) in [5.74, 6) is -0.988. The van der Waals surface area contributed by atoms with Crippen LogP contribution < -0.4 is 4.90 Å². The van der Waals surface area contributed by atoms with Crippen molar-refractivity contribution in [3.63, 3.8) is 0 Å². The fourth-order valence-corrected chi connectivity index (χ4v) is 6.13. The van der Waals surface area contributed by atoms with E-state index < -0.39 is 17.9 Å². The van der Waals surface area contributed by atoms with Gasteiger partial charge in [-0.1, -0.05) is 42.5 Å². The molecule has 0 spiro atoms. The van der Waals surface area contributed by atoms with Gasteiger partial charge >= 0.3 is 0 Å². The Hall–Kier alpha value is -4.59. The van der Waals surface area contributed by atoms with Crippen LogP contribution in [0, 0.1) is 11.3 Å². The van der Waals surface area contributed by atoms with E-state index in [0.717, 1.165) is 27.1 Å². The third kappa shape index (κ3) is 4.11. The molecular formula is C30H22BrN5O4. The number of aliphatic hydroxyl groups is 1. The lowest BCUT2D eigenvalue weighted by Crippen LogP contribution is -2.38. The van der Waals surface area contributed by atoms with Crippen LogP contribution in [0.25, 0.3) is 10.8 Å². The largest absolute Gasteiger partial charge is 0.507 e. The predicted molar refractivity (Wildman–Crippen MR) is 152 cm³/mol. The zero-order chi connectivity index (χ0) is 28.1. The minimum Gasteiger partial charge on any atom is -0.507 e. The number of anilines is 1. The van der Waals surface area contributed by atoms with Crippen LogP contribution in [0.3, 0.4) is 0 Å². The highest BCUT2D eigenvalue weighted by Gasteiger charge is 2.37. The Bertz CT molecular complexity index is 1800. The topological polar surface area (TPSA) is 130 Å². The van der Waals surface area contributed by atoms with Crippen LogP contribution in [-0.4, -0.2) is 46.6 Å². The summed E-state index contributed by atoms with van der Waals surface area (Å²) in [5, 5.41) is 41.5. The summed E-state index contributed by atoms with van der Waals surface area (Å²) >= 11 is 3.37. The zero-order valence-corrected chi connectivity index (χ0v) is 22.9. The van der Waals surface area contributed by atoms with Crippen molar-refractivity contribution in [1.29, 1.82) is 5.26 Å². The minimum atomic E-state index is -0.604. The number of azo groups is 1. The number of nitrogens with zero attached hydrogens (tertiary/aromatic N) is 5. The van der Waals surface area contributed by atoms with Gasteiger partial charge in [0.05, 0.1) is 38.3 Å². The molecule has 4 aromatic carbocycles. The first-order valence-electron chi connectivity index (χ1n) is 12.5. The van der Waals surface area contributed by atoms with E-state index >= 15 is 0 Å². The Balaban J connectivity index is 1.50. The van der Waals surface area contributed by atoms with Crippen LogP contribution in [0.15, 0.2) is 75.4 Å². The van der Waals surface area contributed by atoms with Crippen LogP contribution in [0.1, 0.15) is 37.4 Å². The molecule has 4 aromatic rings. The molecule has 2 amide bonds. The van der Waals surface area contributed by atoms with Crippen LogP contribution in [-0.2, 0) is 13.0 Å². The van der Waals surface area contributed by atoms with Gasteiger partial charge in [0.2, 0.25) is 0 Å². The summed E-state index contributed by atoms with van der Waals surface area (Å²) < 4.78 is 0.198. The second-order valence-electron chi connectivity index (χ2n) is 9.82. The highest BCUT2D eigenvalue weighted by Crippen LogP contribution is 2.45. The third-order valence-corrected chi connectivity index (χ3v) is 8.03. The van der Waals surface area contributed by atoms with E-state index in [0.29, 0.717) is 30.6 Å². The molecule has 2 heterocycles. The second kappa shape index (κ2) is 9.86. The number of halogens is 1. The predicted octanol–water partition coefficient (Wildman–Crippen LogP) is 5.74. The quantitative estimate of drug-likeness (QED) is 0.228. The number of phenolic OH excluding ortho intramolecular Hbond substituents is 1. The highest BCUT2D eigenvalue weighted by atomic mass is 79.9. The summed E-state index contributed by atoms with van der Waals surface area (Å²) in [7, 11) is 1.38. The lowest BCUT2D eigenvalue weighted by Gasteiger charge is -2.35. The number of β-amino-alcohol motifs (C(OH)–C–C–N with tert-alkyl or cyclic N) is 1. The molecule has 6 rings (SSSR count). The average Bonchev–Trinajstić information content (AvgIpc) is 3.16. The molecule has 0 saturated carbocycles. The van der Waals surface area contributed by atoms with Gasteiger partial charge in [0.25, 0.3) is 11.8 Å². The molecule has 10 heteroatoms. The van der Waals surface area contributed by atoms with Gasteiger partial charge in [-0.2, -0.15) is 5.26 Å². The van der Waals surface area contributed by atoms with E-state index in [4.69, 9.17) is 0 Å². The molecule has 0 saturated heterocycles. The van der Waals surface area contributed by atoms with E-state index in [1.807, 2.05) is 42.5 Å². The van der Waals surface area contributed by atoms with E-state index in [-0.39, 0.29) is 32.6 Å². The number of hydrogen-bond donors (Lipinski definition) is 2. The number of nitriles is 1. The van der Waals surface area contributed by atoms with E-state index in [1.54, 1.807) is 18.2 Å². The van der Waals surface area contributed by atoms with Crippen LogP contribution in [0.4, 0.5) is 17.1 Å². The zero-order valence-electron chi connectivity index (χ0n) is 21.3. The van der Waals surface area contributed by atoms with Crippen molar-refractivity contribution in [1.82, 2.24) is 4.90 Å². The number of imide groups is 1. The van der Waals surface area contributed by atoms with Gasteiger partial charge in [0.15, 0.2) is 0 Å². The number of carbonyl (C=O) groups is 2. The lowest BCUT2D eigenvalue weighted by atomic mass is 9.93. The number of carbonyl (C=O) groups excluding carboxylic acids is 2. The molecule has 0 bridgehead atoms. The van der Waals surface area contributed by atoms with Gasteiger partial charge in [-0.25, -0.2) is 0 Å². The van der Waals surface area contributed by atoms with Gasteiger partial charge in [-0.15, -0.1) is 10.2 Å². The van der Waals surface area contributed by atoms with Gasteiger partial charge in [-0.3, -0.25) is 14.5 Å². The molecule has 2 aliphatic rings. The number of aromatic hydroxyl groups is 1. The van der Waals surface area contributed by atoms with Crippen molar-refractivity contribution in [2.75, 3.05) is 18.5 Å². The third-order valence-electron chi connectivity index (χ3n) is 7.26. The van der Waals surface area contributed by atoms with Gasteiger partial charge in [-0.05, 0) is 45.3 Å². The monoisotopic (exact) mass is 595 g/mol. The van der Waals surface area contributed by atoms with Crippen molar-refractivity contribution in [3.8, 4) is 11.8 Å². The number of hydrogen-bond acceptors (Lipinski definition) is 8. The number of amides is 2. The van der Waals surface area contributed by atoms with Crippen molar-refractivity contribution in [2.45, 2.75) is 19.1 Å². The SMILES string of the molecule is CN1C(=O)c2cc(C#N)c(/N=N/c3cc4c(c5cccc(O)c35)N(Cc3ccccc3)CC(O)C4)c(Br)c2C1=O. The van der Waals surface area contributed by atoms with Gasteiger partial charge in [0, 0.05) is 37.6 Å². The second-order valence-corrected chi connectivity index (χ2v) is 10.6. The van der Waals surface area contributed by atoms with E-state index in [2.05, 4.69) is 31.1 Å². The minimum absolute atomic E-state index is 0.0101. The highest BCUT2D eigenvalue weighted by molar-refractivity contribution is 9.10. The number of benzene rings is 4. The first-order chi connectivity index (χ1) is 19.3. The van der Waals surface area contributed by atoms with Crippen molar-refractivity contribution < 1.29 is 19.8 Å². The normalized spacial score (nSPS) is 16.5.